The Morgan fingerprint density at radius 2 is 2.19 bits per heavy atom. The molecule has 1 aromatic rings. The van der Waals surface area contributed by atoms with Gasteiger partial charge in [0, 0.05) is 30.7 Å². The molecular weight excluding hydrogens is 262 g/mol. The first kappa shape index (κ1) is 15.0. The highest BCUT2D eigenvalue weighted by atomic mass is 15.4. The predicted molar refractivity (Wildman–Crippen MR) is 84.0 cm³/mol. The van der Waals surface area contributed by atoms with Crippen molar-refractivity contribution in [2.24, 2.45) is 5.92 Å². The first-order valence-electron chi connectivity index (χ1n) is 8.41. The maximum absolute atomic E-state index is 4.52. The second kappa shape index (κ2) is 5.69. The van der Waals surface area contributed by atoms with Crippen LogP contribution in [0.4, 0.5) is 0 Å². The minimum atomic E-state index is 0.277. The molecule has 3 rings (SSSR count). The molecule has 118 valence electrons. The average molecular weight is 291 g/mol. The van der Waals surface area contributed by atoms with Gasteiger partial charge in [0.05, 0.1) is 6.54 Å². The fourth-order valence-corrected chi connectivity index (χ4v) is 3.62. The summed E-state index contributed by atoms with van der Waals surface area (Å²) in [5.74, 6) is 1.95. The van der Waals surface area contributed by atoms with E-state index in [0.717, 1.165) is 31.4 Å². The Kier molecular flexibility index (Phi) is 4.06. The Balaban J connectivity index is 1.80. The third-order valence-corrected chi connectivity index (χ3v) is 5.33. The summed E-state index contributed by atoms with van der Waals surface area (Å²) in [6, 6.07) is 0.979. The summed E-state index contributed by atoms with van der Waals surface area (Å²) in [5.41, 5.74) is 0.277. The van der Waals surface area contributed by atoms with Gasteiger partial charge in [0.2, 0.25) is 0 Å². The van der Waals surface area contributed by atoms with E-state index in [9.17, 15) is 0 Å². The van der Waals surface area contributed by atoms with Gasteiger partial charge < -0.3 is 5.32 Å². The third kappa shape index (κ3) is 2.86. The van der Waals surface area contributed by atoms with Gasteiger partial charge in [-0.25, -0.2) is 9.67 Å². The smallest absolute Gasteiger partial charge is 0.141 e. The second-order valence-electron chi connectivity index (χ2n) is 7.21. The van der Waals surface area contributed by atoms with Gasteiger partial charge in [-0.15, -0.1) is 0 Å². The molecule has 0 bridgehead atoms. The molecule has 2 aliphatic rings. The van der Waals surface area contributed by atoms with Crippen LogP contribution >= 0.6 is 0 Å². The lowest BCUT2D eigenvalue weighted by molar-refractivity contribution is 0.0236. The van der Waals surface area contributed by atoms with Crippen molar-refractivity contribution in [2.75, 3.05) is 13.1 Å². The molecule has 0 radical (unpaired) electrons. The summed E-state index contributed by atoms with van der Waals surface area (Å²) in [7, 11) is 0. The summed E-state index contributed by atoms with van der Waals surface area (Å²) in [6.45, 7) is 12.2. The molecule has 1 saturated carbocycles. The van der Waals surface area contributed by atoms with Crippen LogP contribution in [-0.2, 0) is 6.54 Å². The quantitative estimate of drug-likeness (QED) is 0.903. The summed E-state index contributed by atoms with van der Waals surface area (Å²) in [6.07, 6.45) is 5.64. The molecular formula is C16H29N5. The Labute approximate surface area is 128 Å². The standard InChI is InChI=1S/C16H29N5/c1-5-14-8-20(16(4,10-17-14)13-6-7-13)9-15-18-11-19-21(15)12(2)3/h11-14,17H,5-10H2,1-4H3. The molecule has 0 spiro atoms. The number of nitrogens with one attached hydrogen (secondary N) is 1. The van der Waals surface area contributed by atoms with Crippen molar-refractivity contribution >= 4 is 0 Å². The van der Waals surface area contributed by atoms with Crippen LogP contribution in [0.5, 0.6) is 0 Å². The topological polar surface area (TPSA) is 46.0 Å². The molecule has 0 amide bonds. The van der Waals surface area contributed by atoms with Crippen molar-refractivity contribution in [3.8, 4) is 0 Å². The van der Waals surface area contributed by atoms with Crippen molar-refractivity contribution in [3.63, 3.8) is 0 Å². The molecule has 2 heterocycles. The Bertz CT molecular complexity index is 479. The summed E-state index contributed by atoms with van der Waals surface area (Å²) in [4.78, 5) is 7.18. The van der Waals surface area contributed by atoms with E-state index in [1.54, 1.807) is 6.33 Å². The molecule has 21 heavy (non-hydrogen) atoms. The number of hydrogen-bond acceptors (Lipinski definition) is 4. The van der Waals surface area contributed by atoms with Gasteiger partial charge in [-0.3, -0.25) is 4.90 Å². The monoisotopic (exact) mass is 291 g/mol. The number of rotatable bonds is 5. The molecule has 2 unspecified atom stereocenters. The molecule has 5 heteroatoms. The average Bonchev–Trinajstić information content (AvgIpc) is 3.22. The fourth-order valence-electron chi connectivity index (χ4n) is 3.62. The number of aromatic nitrogens is 3. The highest BCUT2D eigenvalue weighted by Crippen LogP contribution is 2.44. The lowest BCUT2D eigenvalue weighted by atomic mass is 9.89. The molecule has 1 aliphatic carbocycles. The van der Waals surface area contributed by atoms with Gasteiger partial charge in [0.1, 0.15) is 12.2 Å². The predicted octanol–water partition coefficient (Wildman–Crippen LogP) is 2.21. The van der Waals surface area contributed by atoms with Crippen LogP contribution in [0.2, 0.25) is 0 Å². The van der Waals surface area contributed by atoms with E-state index in [2.05, 4.69) is 52.7 Å². The van der Waals surface area contributed by atoms with E-state index in [-0.39, 0.29) is 5.54 Å². The van der Waals surface area contributed by atoms with Gasteiger partial charge in [-0.05, 0) is 46.0 Å². The van der Waals surface area contributed by atoms with Gasteiger partial charge in [0.25, 0.3) is 0 Å². The van der Waals surface area contributed by atoms with Gasteiger partial charge in [-0.1, -0.05) is 6.92 Å². The largest absolute Gasteiger partial charge is 0.311 e. The molecule has 1 aromatic heterocycles. The van der Waals surface area contributed by atoms with Crippen LogP contribution in [0.3, 0.4) is 0 Å². The van der Waals surface area contributed by atoms with Gasteiger partial charge in [0.15, 0.2) is 0 Å². The van der Waals surface area contributed by atoms with Gasteiger partial charge in [-0.2, -0.15) is 5.10 Å². The number of hydrogen-bond donors (Lipinski definition) is 1. The van der Waals surface area contributed by atoms with E-state index >= 15 is 0 Å². The second-order valence-corrected chi connectivity index (χ2v) is 7.21. The summed E-state index contributed by atoms with van der Waals surface area (Å²) >= 11 is 0. The lowest BCUT2D eigenvalue weighted by Crippen LogP contribution is -2.64. The molecule has 1 saturated heterocycles. The van der Waals surface area contributed by atoms with Crippen molar-refractivity contribution < 1.29 is 0 Å². The van der Waals surface area contributed by atoms with Crippen LogP contribution in [0, 0.1) is 5.92 Å². The first-order valence-corrected chi connectivity index (χ1v) is 8.41. The third-order valence-electron chi connectivity index (χ3n) is 5.33. The number of piperazine rings is 1. The van der Waals surface area contributed by atoms with E-state index in [4.69, 9.17) is 0 Å². The summed E-state index contributed by atoms with van der Waals surface area (Å²) in [5, 5.41) is 8.14. The Morgan fingerprint density at radius 3 is 2.81 bits per heavy atom. The van der Waals surface area contributed by atoms with Crippen LogP contribution in [-0.4, -0.2) is 44.3 Å². The first-order chi connectivity index (χ1) is 10.0. The Morgan fingerprint density at radius 1 is 1.43 bits per heavy atom. The van der Waals surface area contributed by atoms with Crippen molar-refractivity contribution in [2.45, 2.75) is 71.1 Å². The fraction of sp³-hybridized carbons (Fsp3) is 0.875. The zero-order chi connectivity index (χ0) is 15.0. The SMILES string of the molecule is CCC1CN(Cc2ncnn2C(C)C)C(C)(C2CC2)CN1. The minimum absolute atomic E-state index is 0.277. The van der Waals surface area contributed by atoms with Crippen molar-refractivity contribution in [3.05, 3.63) is 12.2 Å². The zero-order valence-electron chi connectivity index (χ0n) is 13.8. The van der Waals surface area contributed by atoms with E-state index in [1.165, 1.54) is 19.3 Å². The van der Waals surface area contributed by atoms with E-state index in [1.807, 2.05) is 0 Å². The van der Waals surface area contributed by atoms with Crippen LogP contribution in [0.1, 0.15) is 58.8 Å². The maximum atomic E-state index is 4.52. The lowest BCUT2D eigenvalue weighted by Gasteiger charge is -2.48. The Hall–Kier alpha value is -0.940. The van der Waals surface area contributed by atoms with Crippen LogP contribution in [0.25, 0.3) is 0 Å². The van der Waals surface area contributed by atoms with Crippen molar-refractivity contribution in [1.29, 1.82) is 0 Å². The molecule has 1 N–H and O–H groups in total. The minimum Gasteiger partial charge on any atom is -0.311 e. The highest BCUT2D eigenvalue weighted by Gasteiger charge is 2.48. The van der Waals surface area contributed by atoms with Crippen molar-refractivity contribution in [1.82, 2.24) is 25.0 Å². The normalized spacial score (nSPS) is 31.0. The summed E-state index contributed by atoms with van der Waals surface area (Å²) < 4.78 is 2.07. The van der Waals surface area contributed by atoms with Gasteiger partial charge >= 0.3 is 0 Å². The molecule has 2 fully saturated rings. The van der Waals surface area contributed by atoms with Crippen LogP contribution < -0.4 is 5.32 Å². The highest BCUT2D eigenvalue weighted by molar-refractivity contribution is 5.06. The molecule has 0 aromatic carbocycles. The zero-order valence-corrected chi connectivity index (χ0v) is 13.8. The molecule has 5 nitrogen and oxygen atoms in total. The molecule has 1 aliphatic heterocycles. The number of nitrogens with zero attached hydrogens (tertiary/aromatic N) is 4. The van der Waals surface area contributed by atoms with E-state index < -0.39 is 0 Å². The maximum Gasteiger partial charge on any atom is 0.141 e. The van der Waals surface area contributed by atoms with Crippen LogP contribution in [0.15, 0.2) is 6.33 Å². The molecule has 2 atom stereocenters. The van der Waals surface area contributed by atoms with E-state index in [0.29, 0.717) is 12.1 Å².